The lowest BCUT2D eigenvalue weighted by Gasteiger charge is -2.33. The Bertz CT molecular complexity index is 817. The first-order valence-corrected chi connectivity index (χ1v) is 10.6. The molecule has 1 aromatic heterocycles. The summed E-state index contributed by atoms with van der Waals surface area (Å²) in [6.07, 6.45) is 4.09. The molecule has 2 aliphatic rings. The second kappa shape index (κ2) is 8.36. The van der Waals surface area contributed by atoms with E-state index in [9.17, 15) is 10.2 Å². The molecule has 2 atom stereocenters. The molecule has 28 heavy (non-hydrogen) atoms. The van der Waals surface area contributed by atoms with Crippen LogP contribution in [0, 0.1) is 31.6 Å². The molecule has 2 aliphatic heterocycles. The molecule has 0 amide bonds. The summed E-state index contributed by atoms with van der Waals surface area (Å²) in [5, 5.41) is 20.6. The van der Waals surface area contributed by atoms with Gasteiger partial charge in [-0.05, 0) is 69.3 Å². The molecule has 0 bridgehead atoms. The molecule has 1 aromatic carbocycles. The van der Waals surface area contributed by atoms with Crippen molar-refractivity contribution < 1.29 is 10.2 Å². The van der Waals surface area contributed by atoms with Crippen LogP contribution in [0.5, 0.6) is 0 Å². The van der Waals surface area contributed by atoms with Crippen molar-refractivity contribution in [1.29, 1.82) is 0 Å². The zero-order valence-electron chi connectivity index (χ0n) is 17.1. The summed E-state index contributed by atoms with van der Waals surface area (Å²) in [7, 11) is 0. The van der Waals surface area contributed by atoms with Gasteiger partial charge in [-0.2, -0.15) is 0 Å². The smallest absolute Gasteiger partial charge is 0.0752 e. The Kier molecular flexibility index (Phi) is 5.85. The largest absolute Gasteiger partial charge is 0.396 e. The van der Waals surface area contributed by atoms with E-state index in [2.05, 4.69) is 46.8 Å². The minimum atomic E-state index is 0.245. The minimum Gasteiger partial charge on any atom is -0.396 e. The van der Waals surface area contributed by atoms with E-state index >= 15 is 0 Å². The Morgan fingerprint density at radius 1 is 1.04 bits per heavy atom. The van der Waals surface area contributed by atoms with Crippen LogP contribution in [0.1, 0.15) is 24.0 Å². The molecule has 2 saturated heterocycles. The normalized spacial score (nSPS) is 24.4. The monoisotopic (exact) mass is 383 g/mol. The number of aliphatic hydroxyl groups is 2. The van der Waals surface area contributed by atoms with Gasteiger partial charge < -0.3 is 20.0 Å². The second-order valence-electron chi connectivity index (χ2n) is 8.84. The van der Waals surface area contributed by atoms with E-state index in [1.807, 2.05) is 6.20 Å². The van der Waals surface area contributed by atoms with Crippen molar-refractivity contribution in [1.82, 2.24) is 9.88 Å². The molecule has 5 heteroatoms. The standard InChI is InChI=1S/C23H33N3O2/c1-16-9-17(2)23-21(10-16)22(3-6-24-23)26-12-19(20(13-26)15-28)11-25-7-4-18(14-27)5-8-25/h3,6,9-10,18-20,27-28H,4-5,7-8,11-15H2,1-2H3/t19-,20-/m0/s1. The molecular formula is C23H33N3O2. The molecule has 3 heterocycles. The molecule has 0 saturated carbocycles. The highest BCUT2D eigenvalue weighted by Gasteiger charge is 2.35. The molecular weight excluding hydrogens is 350 g/mol. The number of pyridine rings is 1. The SMILES string of the molecule is Cc1cc(C)c2nccc(N3C[C@@H](CO)[C@@H](CN4CCC(CO)CC4)C3)c2c1. The van der Waals surface area contributed by atoms with Gasteiger partial charge in [0.1, 0.15) is 0 Å². The van der Waals surface area contributed by atoms with Crippen LogP contribution in [0.4, 0.5) is 5.69 Å². The Balaban J connectivity index is 1.52. The highest BCUT2D eigenvalue weighted by Crippen LogP contribution is 2.34. The zero-order valence-corrected chi connectivity index (χ0v) is 17.1. The Labute approximate surface area is 168 Å². The molecule has 2 N–H and O–H groups in total. The number of aliphatic hydroxyl groups excluding tert-OH is 2. The summed E-state index contributed by atoms with van der Waals surface area (Å²) in [6, 6.07) is 6.56. The third kappa shape index (κ3) is 3.88. The van der Waals surface area contributed by atoms with Crippen LogP contribution in [0.3, 0.4) is 0 Å². The molecule has 0 unspecified atom stereocenters. The Hall–Kier alpha value is -1.69. The van der Waals surface area contributed by atoms with Crippen LogP contribution in [-0.4, -0.2) is 66.0 Å². The molecule has 0 aliphatic carbocycles. The van der Waals surface area contributed by atoms with Crippen LogP contribution in [0.25, 0.3) is 10.9 Å². The molecule has 2 aromatic rings. The van der Waals surface area contributed by atoms with E-state index in [4.69, 9.17) is 0 Å². The van der Waals surface area contributed by atoms with Crippen LogP contribution in [-0.2, 0) is 0 Å². The first-order chi connectivity index (χ1) is 13.6. The van der Waals surface area contributed by atoms with Crippen LogP contribution >= 0.6 is 0 Å². The molecule has 2 fully saturated rings. The van der Waals surface area contributed by atoms with E-state index in [1.165, 1.54) is 22.2 Å². The lowest BCUT2D eigenvalue weighted by molar-refractivity contribution is 0.106. The van der Waals surface area contributed by atoms with Crippen molar-refractivity contribution in [3.05, 3.63) is 35.5 Å². The zero-order chi connectivity index (χ0) is 19.7. The number of anilines is 1. The third-order valence-corrected chi connectivity index (χ3v) is 6.77. The molecule has 5 nitrogen and oxygen atoms in total. The van der Waals surface area contributed by atoms with Gasteiger partial charge >= 0.3 is 0 Å². The Morgan fingerprint density at radius 2 is 1.79 bits per heavy atom. The highest BCUT2D eigenvalue weighted by molar-refractivity contribution is 5.94. The molecule has 0 spiro atoms. The lowest BCUT2D eigenvalue weighted by Crippen LogP contribution is -2.40. The number of rotatable bonds is 5. The minimum absolute atomic E-state index is 0.245. The average Bonchev–Trinajstić information content (AvgIpc) is 3.10. The van der Waals surface area contributed by atoms with Gasteiger partial charge in [0.15, 0.2) is 0 Å². The molecule has 0 radical (unpaired) electrons. The maximum atomic E-state index is 10.0. The number of fused-ring (bicyclic) bond motifs is 1. The number of aromatic nitrogens is 1. The summed E-state index contributed by atoms with van der Waals surface area (Å²) in [4.78, 5) is 9.60. The quantitative estimate of drug-likeness (QED) is 0.831. The maximum Gasteiger partial charge on any atom is 0.0752 e. The highest BCUT2D eigenvalue weighted by atomic mass is 16.3. The van der Waals surface area contributed by atoms with Gasteiger partial charge in [-0.15, -0.1) is 0 Å². The van der Waals surface area contributed by atoms with E-state index in [0.29, 0.717) is 24.4 Å². The summed E-state index contributed by atoms with van der Waals surface area (Å²) in [5.41, 5.74) is 4.81. The van der Waals surface area contributed by atoms with Crippen molar-refractivity contribution in [2.75, 3.05) is 50.8 Å². The van der Waals surface area contributed by atoms with Crippen molar-refractivity contribution in [2.45, 2.75) is 26.7 Å². The number of likely N-dealkylation sites (tertiary alicyclic amines) is 1. The number of hydrogen-bond acceptors (Lipinski definition) is 5. The number of piperidine rings is 1. The van der Waals surface area contributed by atoms with Gasteiger partial charge in [0, 0.05) is 56.0 Å². The van der Waals surface area contributed by atoms with Crippen molar-refractivity contribution in [2.24, 2.45) is 17.8 Å². The van der Waals surface area contributed by atoms with Crippen molar-refractivity contribution in [3.8, 4) is 0 Å². The summed E-state index contributed by atoms with van der Waals surface area (Å²) in [6.45, 7) is 9.90. The Morgan fingerprint density at radius 3 is 2.50 bits per heavy atom. The number of nitrogens with zero attached hydrogens (tertiary/aromatic N) is 3. The fourth-order valence-electron chi connectivity index (χ4n) is 5.11. The lowest BCUT2D eigenvalue weighted by atomic mass is 9.93. The van der Waals surface area contributed by atoms with Crippen LogP contribution in [0.2, 0.25) is 0 Å². The summed E-state index contributed by atoms with van der Waals surface area (Å²) in [5.74, 6) is 1.26. The topological polar surface area (TPSA) is 59.8 Å². The predicted molar refractivity (Wildman–Crippen MR) is 114 cm³/mol. The fourth-order valence-corrected chi connectivity index (χ4v) is 5.11. The predicted octanol–water partition coefficient (Wildman–Crippen LogP) is 2.60. The van der Waals surface area contributed by atoms with Crippen LogP contribution in [0.15, 0.2) is 24.4 Å². The van der Waals surface area contributed by atoms with E-state index in [1.54, 1.807) is 0 Å². The second-order valence-corrected chi connectivity index (χ2v) is 8.84. The van der Waals surface area contributed by atoms with Crippen LogP contribution < -0.4 is 4.90 Å². The van der Waals surface area contributed by atoms with Gasteiger partial charge in [0.2, 0.25) is 0 Å². The van der Waals surface area contributed by atoms with Gasteiger partial charge in [-0.1, -0.05) is 11.6 Å². The van der Waals surface area contributed by atoms with E-state index in [0.717, 1.165) is 51.1 Å². The van der Waals surface area contributed by atoms with E-state index in [-0.39, 0.29) is 6.61 Å². The number of benzene rings is 1. The number of hydrogen-bond donors (Lipinski definition) is 2. The van der Waals surface area contributed by atoms with E-state index < -0.39 is 0 Å². The van der Waals surface area contributed by atoms with Crippen molar-refractivity contribution in [3.63, 3.8) is 0 Å². The van der Waals surface area contributed by atoms with Crippen molar-refractivity contribution >= 4 is 16.6 Å². The maximum absolute atomic E-state index is 10.0. The van der Waals surface area contributed by atoms with Gasteiger partial charge in [-0.25, -0.2) is 0 Å². The van der Waals surface area contributed by atoms with Gasteiger partial charge in [-0.3, -0.25) is 4.98 Å². The van der Waals surface area contributed by atoms with Gasteiger partial charge in [0.05, 0.1) is 5.52 Å². The number of aryl methyl sites for hydroxylation is 2. The molecule has 152 valence electrons. The summed E-state index contributed by atoms with van der Waals surface area (Å²) < 4.78 is 0. The first kappa shape index (κ1) is 19.6. The first-order valence-electron chi connectivity index (χ1n) is 10.6. The fraction of sp³-hybridized carbons (Fsp3) is 0.609. The molecule has 4 rings (SSSR count). The van der Waals surface area contributed by atoms with Gasteiger partial charge in [0.25, 0.3) is 0 Å². The third-order valence-electron chi connectivity index (χ3n) is 6.77. The average molecular weight is 384 g/mol. The summed E-state index contributed by atoms with van der Waals surface area (Å²) >= 11 is 0.